The van der Waals surface area contributed by atoms with E-state index in [1.807, 2.05) is 30.3 Å². The molecule has 2 aromatic rings. The van der Waals surface area contributed by atoms with Gasteiger partial charge in [0, 0.05) is 11.6 Å². The number of aromatic nitrogens is 1. The summed E-state index contributed by atoms with van der Waals surface area (Å²) in [6, 6.07) is 11.1. The molecule has 0 saturated heterocycles. The molecule has 0 saturated carbocycles. The number of nitrogens with zero attached hydrogens (tertiary/aromatic N) is 1. The third-order valence-electron chi connectivity index (χ3n) is 3.72. The number of rotatable bonds is 5. The maximum atomic E-state index is 10.1. The van der Waals surface area contributed by atoms with Crippen molar-refractivity contribution in [3.8, 4) is 11.3 Å². The first-order valence-electron chi connectivity index (χ1n) is 6.81. The molecular weight excluding hydrogens is 269 g/mol. The monoisotopic (exact) mass is 289 g/mol. The van der Waals surface area contributed by atoms with Crippen LogP contribution in [-0.2, 0) is 4.65 Å². The first-order valence-corrected chi connectivity index (χ1v) is 6.81. The predicted molar refractivity (Wildman–Crippen MR) is 81.0 cm³/mol. The van der Waals surface area contributed by atoms with Crippen LogP contribution in [0.25, 0.3) is 11.3 Å². The normalized spacial score (nSPS) is 12.5. The van der Waals surface area contributed by atoms with Crippen LogP contribution >= 0.6 is 0 Å². The van der Waals surface area contributed by atoms with E-state index in [9.17, 15) is 10.1 Å². The molecule has 1 heterocycles. The van der Waals surface area contributed by atoms with Crippen molar-refractivity contribution in [1.82, 2.24) is 5.16 Å². The van der Waals surface area contributed by atoms with E-state index < -0.39 is 18.3 Å². The summed E-state index contributed by atoms with van der Waals surface area (Å²) in [5, 5.41) is 24.1. The molecule has 1 aromatic carbocycles. The van der Waals surface area contributed by atoms with Crippen LogP contribution in [-0.4, -0.2) is 33.6 Å². The van der Waals surface area contributed by atoms with Gasteiger partial charge in [0.25, 0.3) is 0 Å². The molecule has 21 heavy (non-hydrogen) atoms. The minimum absolute atomic E-state index is 0.200. The maximum Gasteiger partial charge on any atom is 0.532 e. The van der Waals surface area contributed by atoms with E-state index >= 15 is 0 Å². The van der Waals surface area contributed by atoms with Crippen molar-refractivity contribution in [1.29, 1.82) is 0 Å². The van der Waals surface area contributed by atoms with Gasteiger partial charge < -0.3 is 19.3 Å². The van der Waals surface area contributed by atoms with Crippen molar-refractivity contribution in [2.24, 2.45) is 0 Å². The van der Waals surface area contributed by atoms with Gasteiger partial charge in [-0.1, -0.05) is 35.5 Å². The van der Waals surface area contributed by atoms with Crippen molar-refractivity contribution in [3.05, 3.63) is 36.4 Å². The summed E-state index contributed by atoms with van der Waals surface area (Å²) in [6.45, 7) is 6.64. The minimum Gasteiger partial charge on any atom is -0.421 e. The third-order valence-corrected chi connectivity index (χ3v) is 3.72. The Kier molecular flexibility index (Phi) is 4.23. The van der Waals surface area contributed by atoms with Crippen LogP contribution in [0.2, 0.25) is 0 Å². The number of benzene rings is 1. The molecule has 0 fully saturated rings. The van der Waals surface area contributed by atoms with Crippen LogP contribution in [0.1, 0.15) is 27.7 Å². The topological polar surface area (TPSA) is 75.7 Å². The standard InChI is InChI=1S/C15H20BNO4/c1-14(2,18)15(3,4)21-16(19)13-10-12(17-20-13)11-8-6-5-7-9-11/h5-10,18-19H,1-4H3. The summed E-state index contributed by atoms with van der Waals surface area (Å²) in [6.07, 6.45) is 0. The molecule has 112 valence electrons. The molecule has 0 radical (unpaired) electrons. The van der Waals surface area contributed by atoms with Crippen LogP contribution < -0.4 is 5.66 Å². The minimum atomic E-state index is -1.30. The molecule has 2 rings (SSSR count). The van der Waals surface area contributed by atoms with Crippen LogP contribution in [0.5, 0.6) is 0 Å². The van der Waals surface area contributed by atoms with Crippen LogP contribution in [0.3, 0.4) is 0 Å². The molecular formula is C15H20BNO4. The summed E-state index contributed by atoms with van der Waals surface area (Å²) in [5.74, 6) is 0. The van der Waals surface area contributed by atoms with Gasteiger partial charge in [0.1, 0.15) is 5.69 Å². The second-order valence-electron chi connectivity index (χ2n) is 6.02. The van der Waals surface area contributed by atoms with Gasteiger partial charge in [-0.25, -0.2) is 0 Å². The lowest BCUT2D eigenvalue weighted by Crippen LogP contribution is -2.52. The first-order chi connectivity index (χ1) is 9.71. The predicted octanol–water partition coefficient (Wildman–Crippen LogP) is 1.60. The van der Waals surface area contributed by atoms with Crippen molar-refractivity contribution < 1.29 is 19.3 Å². The van der Waals surface area contributed by atoms with Gasteiger partial charge >= 0.3 is 7.12 Å². The van der Waals surface area contributed by atoms with E-state index in [2.05, 4.69) is 5.16 Å². The fourth-order valence-corrected chi connectivity index (χ4v) is 1.63. The van der Waals surface area contributed by atoms with E-state index in [4.69, 9.17) is 9.18 Å². The number of hydrogen-bond donors (Lipinski definition) is 2. The molecule has 0 aliphatic carbocycles. The molecule has 0 amide bonds. The molecule has 0 atom stereocenters. The fraction of sp³-hybridized carbons (Fsp3) is 0.400. The molecule has 0 aliphatic heterocycles. The van der Waals surface area contributed by atoms with Crippen LogP contribution in [0, 0.1) is 0 Å². The lowest BCUT2D eigenvalue weighted by molar-refractivity contribution is -0.0987. The van der Waals surface area contributed by atoms with Crippen LogP contribution in [0.15, 0.2) is 40.9 Å². The zero-order valence-corrected chi connectivity index (χ0v) is 12.7. The highest BCUT2D eigenvalue weighted by molar-refractivity contribution is 6.58. The average molecular weight is 289 g/mol. The highest BCUT2D eigenvalue weighted by Crippen LogP contribution is 2.25. The van der Waals surface area contributed by atoms with E-state index in [1.165, 1.54) is 0 Å². The van der Waals surface area contributed by atoms with E-state index in [1.54, 1.807) is 33.8 Å². The smallest absolute Gasteiger partial charge is 0.421 e. The van der Waals surface area contributed by atoms with Crippen molar-refractivity contribution in [2.45, 2.75) is 38.9 Å². The lowest BCUT2D eigenvalue weighted by Gasteiger charge is -2.37. The molecule has 0 spiro atoms. The van der Waals surface area contributed by atoms with Crippen molar-refractivity contribution in [3.63, 3.8) is 0 Å². The summed E-state index contributed by atoms with van der Waals surface area (Å²) in [5.41, 5.74) is -0.357. The van der Waals surface area contributed by atoms with Gasteiger partial charge in [0.2, 0.25) is 0 Å². The summed E-state index contributed by atoms with van der Waals surface area (Å²) >= 11 is 0. The number of hydrogen-bond acceptors (Lipinski definition) is 5. The third kappa shape index (κ3) is 3.53. The highest BCUT2D eigenvalue weighted by Gasteiger charge is 2.40. The molecule has 1 aromatic heterocycles. The van der Waals surface area contributed by atoms with Gasteiger partial charge in [-0.3, -0.25) is 0 Å². The van der Waals surface area contributed by atoms with Crippen molar-refractivity contribution >= 4 is 12.8 Å². The molecule has 5 nitrogen and oxygen atoms in total. The molecule has 0 unspecified atom stereocenters. The highest BCUT2D eigenvalue weighted by atomic mass is 16.6. The average Bonchev–Trinajstić information content (AvgIpc) is 2.87. The number of aliphatic hydroxyl groups is 1. The Morgan fingerprint density at radius 2 is 1.76 bits per heavy atom. The second kappa shape index (κ2) is 5.64. The largest absolute Gasteiger partial charge is 0.532 e. The zero-order chi connectivity index (χ0) is 15.7. The SMILES string of the molecule is CC(C)(O)C(C)(C)OB(O)c1cc(-c2ccccc2)no1. The molecule has 6 heteroatoms. The van der Waals surface area contributed by atoms with Gasteiger partial charge in [0.05, 0.1) is 11.2 Å². The van der Waals surface area contributed by atoms with Gasteiger partial charge in [-0.15, -0.1) is 0 Å². The Bertz CT molecular complexity index is 589. The Hall–Kier alpha value is -1.63. The zero-order valence-electron chi connectivity index (χ0n) is 12.7. The summed E-state index contributed by atoms with van der Waals surface area (Å²) in [7, 11) is -1.30. The van der Waals surface area contributed by atoms with E-state index in [0.717, 1.165) is 5.56 Å². The maximum absolute atomic E-state index is 10.1. The van der Waals surface area contributed by atoms with Crippen molar-refractivity contribution in [2.75, 3.05) is 0 Å². The summed E-state index contributed by atoms with van der Waals surface area (Å²) in [4.78, 5) is 0. The summed E-state index contributed by atoms with van der Waals surface area (Å²) < 4.78 is 10.6. The van der Waals surface area contributed by atoms with Gasteiger partial charge in [-0.2, -0.15) is 0 Å². The molecule has 0 bridgehead atoms. The van der Waals surface area contributed by atoms with E-state index in [-0.39, 0.29) is 5.66 Å². The van der Waals surface area contributed by atoms with Crippen LogP contribution in [0.4, 0.5) is 0 Å². The molecule has 0 aliphatic rings. The Morgan fingerprint density at radius 3 is 2.33 bits per heavy atom. The van der Waals surface area contributed by atoms with E-state index in [0.29, 0.717) is 5.69 Å². The Labute approximate surface area is 124 Å². The molecule has 2 N–H and O–H groups in total. The second-order valence-corrected chi connectivity index (χ2v) is 6.02. The van der Waals surface area contributed by atoms with Gasteiger partial charge in [-0.05, 0) is 27.7 Å². The van der Waals surface area contributed by atoms with Gasteiger partial charge in [0.15, 0.2) is 5.66 Å². The Balaban J connectivity index is 2.15. The quantitative estimate of drug-likeness (QED) is 0.818. The Morgan fingerprint density at radius 1 is 1.14 bits per heavy atom. The first kappa shape index (κ1) is 15.8. The fourth-order valence-electron chi connectivity index (χ4n) is 1.63. The lowest BCUT2D eigenvalue weighted by atomic mass is 9.81.